The summed E-state index contributed by atoms with van der Waals surface area (Å²) in [7, 11) is 1.82. The summed E-state index contributed by atoms with van der Waals surface area (Å²) < 4.78 is 18.6. The van der Waals surface area contributed by atoms with E-state index in [1.54, 1.807) is 4.90 Å². The minimum atomic E-state index is -0.199. The van der Waals surface area contributed by atoms with E-state index in [0.717, 1.165) is 38.4 Å². The van der Waals surface area contributed by atoms with Gasteiger partial charge in [-0.15, -0.1) is 0 Å². The van der Waals surface area contributed by atoms with E-state index in [0.29, 0.717) is 6.54 Å². The summed E-state index contributed by atoms with van der Waals surface area (Å²) in [4.78, 5) is 17.8. The van der Waals surface area contributed by atoms with Gasteiger partial charge in [-0.25, -0.2) is 4.39 Å². The van der Waals surface area contributed by atoms with E-state index in [2.05, 4.69) is 9.80 Å². The average Bonchev–Trinajstić information content (AvgIpc) is 2.53. The minimum Gasteiger partial charge on any atom is -0.369 e. The first kappa shape index (κ1) is 15.2. The van der Waals surface area contributed by atoms with Gasteiger partial charge < -0.3 is 14.5 Å². The number of nitrogens with zero attached hydrogens (tertiary/aromatic N) is 3. The molecule has 1 atom stereocenters. The van der Waals surface area contributed by atoms with Crippen LogP contribution in [0.15, 0.2) is 24.3 Å². The Morgan fingerprint density at radius 2 is 1.86 bits per heavy atom. The lowest BCUT2D eigenvalue weighted by Crippen LogP contribution is -2.53. The fraction of sp³-hybridized carbons (Fsp3) is 0.562. The first-order valence-electron chi connectivity index (χ1n) is 7.70. The van der Waals surface area contributed by atoms with Crippen molar-refractivity contribution in [1.29, 1.82) is 0 Å². The second-order valence-electron chi connectivity index (χ2n) is 5.97. The Hall–Kier alpha value is -1.66. The molecule has 0 bridgehead atoms. The van der Waals surface area contributed by atoms with Crippen LogP contribution in [-0.4, -0.2) is 74.7 Å². The van der Waals surface area contributed by atoms with Crippen molar-refractivity contribution in [2.75, 3.05) is 57.8 Å². The number of rotatable bonds is 3. The molecule has 2 saturated heterocycles. The maximum Gasteiger partial charge on any atom is 0.248 e. The monoisotopic (exact) mass is 307 g/mol. The molecular formula is C16H22FN3O2. The average molecular weight is 307 g/mol. The van der Waals surface area contributed by atoms with Gasteiger partial charge in [0, 0.05) is 52.0 Å². The number of morpholine rings is 1. The van der Waals surface area contributed by atoms with Gasteiger partial charge in [-0.3, -0.25) is 9.69 Å². The summed E-state index contributed by atoms with van der Waals surface area (Å²) in [5.74, 6) is -0.145. The lowest BCUT2D eigenvalue weighted by atomic mass is 10.2. The summed E-state index contributed by atoms with van der Waals surface area (Å²) in [6, 6.07) is 6.67. The quantitative estimate of drug-likeness (QED) is 0.828. The van der Waals surface area contributed by atoms with Crippen molar-refractivity contribution in [3.8, 4) is 0 Å². The van der Waals surface area contributed by atoms with Gasteiger partial charge in [0.1, 0.15) is 12.4 Å². The van der Waals surface area contributed by atoms with Crippen molar-refractivity contribution in [1.82, 2.24) is 9.80 Å². The molecule has 2 aliphatic heterocycles. The zero-order chi connectivity index (χ0) is 15.5. The molecule has 120 valence electrons. The molecule has 3 rings (SSSR count). The van der Waals surface area contributed by atoms with Crippen LogP contribution in [0.25, 0.3) is 0 Å². The highest BCUT2D eigenvalue weighted by Gasteiger charge is 2.26. The highest BCUT2D eigenvalue weighted by Crippen LogP contribution is 2.17. The number of hydrogen-bond acceptors (Lipinski definition) is 4. The Labute approximate surface area is 130 Å². The van der Waals surface area contributed by atoms with Crippen molar-refractivity contribution in [3.05, 3.63) is 30.1 Å². The summed E-state index contributed by atoms with van der Waals surface area (Å²) in [6.45, 7) is 5.46. The van der Waals surface area contributed by atoms with Crippen LogP contribution in [0.3, 0.4) is 0 Å². The lowest BCUT2D eigenvalue weighted by Gasteiger charge is -2.39. The third-order valence-corrected chi connectivity index (χ3v) is 4.37. The second-order valence-corrected chi connectivity index (χ2v) is 5.97. The summed E-state index contributed by atoms with van der Waals surface area (Å²) in [5.41, 5.74) is 1.07. The zero-order valence-corrected chi connectivity index (χ0v) is 12.9. The van der Waals surface area contributed by atoms with Crippen molar-refractivity contribution in [2.45, 2.75) is 6.10 Å². The largest absolute Gasteiger partial charge is 0.369 e. The number of piperazine rings is 1. The molecule has 0 radical (unpaired) electrons. The van der Waals surface area contributed by atoms with Gasteiger partial charge in [-0.05, 0) is 24.3 Å². The number of anilines is 1. The molecule has 0 N–H and O–H groups in total. The number of halogens is 1. The van der Waals surface area contributed by atoms with E-state index in [9.17, 15) is 9.18 Å². The number of hydrogen-bond donors (Lipinski definition) is 0. The molecule has 1 aromatic rings. The lowest BCUT2D eigenvalue weighted by molar-refractivity contribution is -0.147. The molecule has 0 spiro atoms. The highest BCUT2D eigenvalue weighted by atomic mass is 19.1. The van der Waals surface area contributed by atoms with Crippen LogP contribution in [0.1, 0.15) is 0 Å². The number of benzene rings is 1. The van der Waals surface area contributed by atoms with Gasteiger partial charge in [0.2, 0.25) is 5.91 Å². The normalized spacial score (nSPS) is 23.9. The third-order valence-electron chi connectivity index (χ3n) is 4.37. The molecule has 1 amide bonds. The number of carbonyl (C=O) groups is 1. The van der Waals surface area contributed by atoms with Gasteiger partial charge in [0.05, 0.1) is 6.10 Å². The summed E-state index contributed by atoms with van der Waals surface area (Å²) in [5, 5.41) is 0. The van der Waals surface area contributed by atoms with Crippen molar-refractivity contribution in [2.24, 2.45) is 0 Å². The van der Waals surface area contributed by atoms with Crippen molar-refractivity contribution < 1.29 is 13.9 Å². The predicted molar refractivity (Wildman–Crippen MR) is 82.4 cm³/mol. The number of amides is 1. The van der Waals surface area contributed by atoms with Crippen molar-refractivity contribution in [3.63, 3.8) is 0 Å². The molecule has 0 aliphatic carbocycles. The number of ether oxygens (including phenoxy) is 1. The molecule has 5 nitrogen and oxygen atoms in total. The molecule has 6 heteroatoms. The molecule has 1 aromatic carbocycles. The van der Waals surface area contributed by atoms with Gasteiger partial charge in [0.25, 0.3) is 0 Å². The molecule has 0 saturated carbocycles. The van der Waals surface area contributed by atoms with Crippen LogP contribution >= 0.6 is 0 Å². The summed E-state index contributed by atoms with van der Waals surface area (Å²) in [6.07, 6.45) is 0.0973. The molecule has 0 aromatic heterocycles. The molecule has 2 aliphatic rings. The Kier molecular flexibility index (Phi) is 4.59. The predicted octanol–water partition coefficient (Wildman–Crippen LogP) is 0.805. The maximum atomic E-state index is 13.0. The van der Waals surface area contributed by atoms with Crippen LogP contribution in [0, 0.1) is 5.82 Å². The van der Waals surface area contributed by atoms with Crippen LogP contribution in [0.4, 0.5) is 10.1 Å². The molecular weight excluding hydrogens is 285 g/mol. The SMILES string of the molecule is CN1CC(CN2CCN(c3ccc(F)cc3)CC2)OCC1=O. The molecule has 1 unspecified atom stereocenters. The number of likely N-dealkylation sites (N-methyl/N-ethyl adjacent to an activating group) is 1. The Balaban J connectivity index is 1.47. The van der Waals surface area contributed by atoms with E-state index in [-0.39, 0.29) is 24.4 Å². The van der Waals surface area contributed by atoms with E-state index < -0.39 is 0 Å². The topological polar surface area (TPSA) is 36.0 Å². The van der Waals surface area contributed by atoms with E-state index >= 15 is 0 Å². The molecule has 2 fully saturated rings. The molecule has 22 heavy (non-hydrogen) atoms. The highest BCUT2D eigenvalue weighted by molar-refractivity contribution is 5.77. The summed E-state index contributed by atoms with van der Waals surface area (Å²) >= 11 is 0. The number of carbonyl (C=O) groups excluding carboxylic acids is 1. The van der Waals surface area contributed by atoms with E-state index in [1.807, 2.05) is 19.2 Å². The van der Waals surface area contributed by atoms with Gasteiger partial charge in [-0.2, -0.15) is 0 Å². The smallest absolute Gasteiger partial charge is 0.248 e. The van der Waals surface area contributed by atoms with Crippen LogP contribution < -0.4 is 4.90 Å². The fourth-order valence-corrected chi connectivity index (χ4v) is 3.00. The van der Waals surface area contributed by atoms with Gasteiger partial charge in [-0.1, -0.05) is 0 Å². The zero-order valence-electron chi connectivity index (χ0n) is 12.9. The maximum absolute atomic E-state index is 13.0. The van der Waals surface area contributed by atoms with Crippen LogP contribution in [0.2, 0.25) is 0 Å². The van der Waals surface area contributed by atoms with Crippen molar-refractivity contribution >= 4 is 11.6 Å². The van der Waals surface area contributed by atoms with E-state index in [1.165, 1.54) is 12.1 Å². The first-order valence-corrected chi connectivity index (χ1v) is 7.70. The molecule has 2 heterocycles. The first-order chi connectivity index (χ1) is 10.6. The minimum absolute atomic E-state index is 0.0531. The Bertz CT molecular complexity index is 515. The van der Waals surface area contributed by atoms with E-state index in [4.69, 9.17) is 4.74 Å². The van der Waals surface area contributed by atoms with Gasteiger partial charge in [0.15, 0.2) is 0 Å². The fourth-order valence-electron chi connectivity index (χ4n) is 3.00. The van der Waals surface area contributed by atoms with Gasteiger partial charge >= 0.3 is 0 Å². The second kappa shape index (κ2) is 6.62. The van der Waals surface area contributed by atoms with Crippen LogP contribution in [-0.2, 0) is 9.53 Å². The standard InChI is InChI=1S/C16H22FN3O2/c1-18-10-15(22-12-16(18)21)11-19-6-8-20(9-7-19)14-4-2-13(17)3-5-14/h2-5,15H,6-12H2,1H3. The third kappa shape index (κ3) is 3.56. The van der Waals surface area contributed by atoms with Crippen LogP contribution in [0.5, 0.6) is 0 Å². The Morgan fingerprint density at radius 3 is 2.50 bits per heavy atom. The Morgan fingerprint density at radius 1 is 1.18 bits per heavy atom.